The van der Waals surface area contributed by atoms with Gasteiger partial charge in [0.05, 0.1) is 7.11 Å². The molecule has 1 aromatic rings. The molecule has 88 valence electrons. The SMILES string of the molecule is COC(=O)C(N)c1ccccc1C(C)(C)C. The monoisotopic (exact) mass is 221 g/mol. The molecular formula is C13H19NO2. The Labute approximate surface area is 96.6 Å². The molecule has 0 aliphatic heterocycles. The van der Waals surface area contributed by atoms with Gasteiger partial charge in [-0.1, -0.05) is 45.0 Å². The van der Waals surface area contributed by atoms with Gasteiger partial charge in [0.1, 0.15) is 6.04 Å². The Morgan fingerprint density at radius 1 is 1.31 bits per heavy atom. The Hall–Kier alpha value is -1.35. The van der Waals surface area contributed by atoms with Crippen LogP contribution in [-0.4, -0.2) is 13.1 Å². The molecule has 0 saturated heterocycles. The Bertz CT molecular complexity index is 380. The number of esters is 1. The summed E-state index contributed by atoms with van der Waals surface area (Å²) in [6, 6.07) is 7.00. The summed E-state index contributed by atoms with van der Waals surface area (Å²) in [6.07, 6.45) is 0. The van der Waals surface area contributed by atoms with Crippen molar-refractivity contribution in [1.82, 2.24) is 0 Å². The largest absolute Gasteiger partial charge is 0.468 e. The molecule has 0 aromatic heterocycles. The lowest BCUT2D eigenvalue weighted by Crippen LogP contribution is -2.26. The lowest BCUT2D eigenvalue weighted by Gasteiger charge is -2.24. The van der Waals surface area contributed by atoms with Crippen molar-refractivity contribution in [3.8, 4) is 0 Å². The first-order chi connectivity index (χ1) is 7.38. The summed E-state index contributed by atoms with van der Waals surface area (Å²) in [5, 5.41) is 0. The van der Waals surface area contributed by atoms with E-state index in [1.165, 1.54) is 7.11 Å². The standard InChI is InChI=1S/C13H19NO2/c1-13(2,3)10-8-6-5-7-9(10)11(14)12(15)16-4/h5-8,11H,14H2,1-4H3. The second-order valence-electron chi connectivity index (χ2n) is 4.84. The van der Waals surface area contributed by atoms with Crippen molar-refractivity contribution in [2.24, 2.45) is 5.73 Å². The molecule has 0 aliphatic carbocycles. The van der Waals surface area contributed by atoms with Gasteiger partial charge in [-0.15, -0.1) is 0 Å². The normalized spacial score (nSPS) is 13.3. The maximum atomic E-state index is 11.4. The van der Waals surface area contributed by atoms with Crippen molar-refractivity contribution in [2.45, 2.75) is 32.2 Å². The molecule has 1 atom stereocenters. The van der Waals surface area contributed by atoms with Crippen LogP contribution in [0.2, 0.25) is 0 Å². The molecular weight excluding hydrogens is 202 g/mol. The fraction of sp³-hybridized carbons (Fsp3) is 0.462. The molecule has 3 heteroatoms. The lowest BCUT2D eigenvalue weighted by atomic mass is 9.82. The summed E-state index contributed by atoms with van der Waals surface area (Å²) >= 11 is 0. The van der Waals surface area contributed by atoms with Crippen LogP contribution in [0.5, 0.6) is 0 Å². The van der Waals surface area contributed by atoms with Crippen LogP contribution < -0.4 is 5.73 Å². The maximum absolute atomic E-state index is 11.4. The van der Waals surface area contributed by atoms with Gasteiger partial charge in [0.2, 0.25) is 0 Å². The molecule has 0 saturated carbocycles. The highest BCUT2D eigenvalue weighted by Crippen LogP contribution is 2.29. The summed E-state index contributed by atoms with van der Waals surface area (Å²) in [5.74, 6) is -0.406. The van der Waals surface area contributed by atoms with E-state index >= 15 is 0 Å². The fourth-order valence-electron chi connectivity index (χ4n) is 1.71. The average molecular weight is 221 g/mol. The third-order valence-electron chi connectivity index (χ3n) is 2.56. The first kappa shape index (κ1) is 12.7. The lowest BCUT2D eigenvalue weighted by molar-refractivity contribution is -0.142. The van der Waals surface area contributed by atoms with Crippen LogP contribution in [0.15, 0.2) is 24.3 Å². The van der Waals surface area contributed by atoms with Crippen molar-refractivity contribution >= 4 is 5.97 Å². The van der Waals surface area contributed by atoms with Crippen LogP contribution in [0, 0.1) is 0 Å². The van der Waals surface area contributed by atoms with E-state index in [4.69, 9.17) is 5.73 Å². The predicted molar refractivity (Wildman–Crippen MR) is 64.1 cm³/mol. The maximum Gasteiger partial charge on any atom is 0.327 e. The molecule has 0 bridgehead atoms. The first-order valence-electron chi connectivity index (χ1n) is 5.30. The van der Waals surface area contributed by atoms with Gasteiger partial charge in [0.25, 0.3) is 0 Å². The fourth-order valence-corrected chi connectivity index (χ4v) is 1.71. The molecule has 2 N–H and O–H groups in total. The molecule has 0 spiro atoms. The highest BCUT2D eigenvalue weighted by atomic mass is 16.5. The van der Waals surface area contributed by atoms with E-state index in [1.807, 2.05) is 24.3 Å². The van der Waals surface area contributed by atoms with Gasteiger partial charge >= 0.3 is 5.97 Å². The molecule has 0 amide bonds. The third-order valence-corrected chi connectivity index (χ3v) is 2.56. The molecule has 1 aromatic carbocycles. The van der Waals surface area contributed by atoms with E-state index in [1.54, 1.807) is 0 Å². The van der Waals surface area contributed by atoms with Crippen molar-refractivity contribution < 1.29 is 9.53 Å². The number of nitrogens with two attached hydrogens (primary N) is 1. The van der Waals surface area contributed by atoms with Crippen molar-refractivity contribution in [2.75, 3.05) is 7.11 Å². The molecule has 0 aliphatic rings. The number of ether oxygens (including phenoxy) is 1. The molecule has 0 fully saturated rings. The Morgan fingerprint density at radius 3 is 2.38 bits per heavy atom. The summed E-state index contributed by atoms with van der Waals surface area (Å²) < 4.78 is 4.67. The summed E-state index contributed by atoms with van der Waals surface area (Å²) in [6.45, 7) is 6.28. The number of rotatable bonds is 2. The zero-order valence-electron chi connectivity index (χ0n) is 10.3. The molecule has 1 unspecified atom stereocenters. The van der Waals surface area contributed by atoms with Gasteiger partial charge in [0, 0.05) is 0 Å². The van der Waals surface area contributed by atoms with Crippen LogP contribution in [0.3, 0.4) is 0 Å². The van der Waals surface area contributed by atoms with Crippen molar-refractivity contribution in [1.29, 1.82) is 0 Å². The van der Waals surface area contributed by atoms with Gasteiger partial charge in [0.15, 0.2) is 0 Å². The number of benzene rings is 1. The van der Waals surface area contributed by atoms with Gasteiger partial charge < -0.3 is 10.5 Å². The Balaban J connectivity index is 3.19. The third kappa shape index (κ3) is 2.61. The van der Waals surface area contributed by atoms with Crippen LogP contribution in [0.1, 0.15) is 37.9 Å². The summed E-state index contributed by atoms with van der Waals surface area (Å²) in [4.78, 5) is 11.4. The molecule has 0 heterocycles. The average Bonchev–Trinajstić information content (AvgIpc) is 2.26. The van der Waals surface area contributed by atoms with Gasteiger partial charge in [-0.2, -0.15) is 0 Å². The minimum Gasteiger partial charge on any atom is -0.468 e. The smallest absolute Gasteiger partial charge is 0.327 e. The molecule has 0 radical (unpaired) electrons. The number of carbonyl (C=O) groups excluding carboxylic acids is 1. The highest BCUT2D eigenvalue weighted by Gasteiger charge is 2.24. The van der Waals surface area contributed by atoms with Gasteiger partial charge in [-0.05, 0) is 16.5 Å². The van der Waals surface area contributed by atoms with E-state index in [0.29, 0.717) is 0 Å². The van der Waals surface area contributed by atoms with Crippen LogP contribution >= 0.6 is 0 Å². The summed E-state index contributed by atoms with van der Waals surface area (Å²) in [7, 11) is 1.35. The first-order valence-corrected chi connectivity index (χ1v) is 5.30. The highest BCUT2D eigenvalue weighted by molar-refractivity contribution is 5.77. The zero-order valence-corrected chi connectivity index (χ0v) is 10.3. The minimum atomic E-state index is -0.708. The van der Waals surface area contributed by atoms with Crippen molar-refractivity contribution in [3.05, 3.63) is 35.4 Å². The Kier molecular flexibility index (Phi) is 3.70. The molecule has 3 nitrogen and oxygen atoms in total. The van der Waals surface area contributed by atoms with Gasteiger partial charge in [-0.25, -0.2) is 0 Å². The van der Waals surface area contributed by atoms with Crippen LogP contribution in [-0.2, 0) is 14.9 Å². The summed E-state index contributed by atoms with van der Waals surface area (Å²) in [5.41, 5.74) is 7.74. The van der Waals surface area contributed by atoms with E-state index in [0.717, 1.165) is 11.1 Å². The number of hydrogen-bond donors (Lipinski definition) is 1. The van der Waals surface area contributed by atoms with Crippen LogP contribution in [0.4, 0.5) is 0 Å². The second-order valence-corrected chi connectivity index (χ2v) is 4.84. The van der Waals surface area contributed by atoms with E-state index in [-0.39, 0.29) is 5.41 Å². The van der Waals surface area contributed by atoms with Crippen molar-refractivity contribution in [3.63, 3.8) is 0 Å². The second kappa shape index (κ2) is 4.66. The quantitative estimate of drug-likeness (QED) is 0.778. The van der Waals surface area contributed by atoms with E-state index in [2.05, 4.69) is 25.5 Å². The van der Waals surface area contributed by atoms with E-state index in [9.17, 15) is 4.79 Å². The zero-order chi connectivity index (χ0) is 12.3. The molecule has 1 rings (SSSR count). The number of methoxy groups -OCH3 is 1. The minimum absolute atomic E-state index is 0.0394. The Morgan fingerprint density at radius 2 is 1.88 bits per heavy atom. The topological polar surface area (TPSA) is 52.3 Å². The number of carbonyl (C=O) groups is 1. The predicted octanol–water partition coefficient (Wildman–Crippen LogP) is 2.16. The van der Waals surface area contributed by atoms with Gasteiger partial charge in [-0.3, -0.25) is 4.79 Å². The van der Waals surface area contributed by atoms with E-state index < -0.39 is 12.0 Å². The van der Waals surface area contributed by atoms with Crippen LogP contribution in [0.25, 0.3) is 0 Å². The molecule has 16 heavy (non-hydrogen) atoms. The number of hydrogen-bond acceptors (Lipinski definition) is 3.